The molecule has 0 spiro atoms. The lowest BCUT2D eigenvalue weighted by molar-refractivity contribution is 0.242. The molecule has 382 valence electrons. The van der Waals surface area contributed by atoms with Crippen molar-refractivity contribution in [1.82, 2.24) is 0 Å². The van der Waals surface area contributed by atoms with Gasteiger partial charge in [-0.25, -0.2) is 0 Å². The average molecular weight is 1010 g/mol. The molecule has 0 bridgehead atoms. The second-order valence-electron chi connectivity index (χ2n) is 22.2. The lowest BCUT2D eigenvalue weighted by Gasteiger charge is -2.27. The zero-order chi connectivity index (χ0) is 53.3. The first kappa shape index (κ1) is 48.8. The van der Waals surface area contributed by atoms with Crippen LogP contribution in [0.3, 0.4) is 0 Å². The molecule has 0 amide bonds. The summed E-state index contributed by atoms with van der Waals surface area (Å²) in [6.07, 6.45) is 0.163. The smallest absolute Gasteiger partial charge is 0.119 e. The van der Waals surface area contributed by atoms with Gasteiger partial charge in [0.15, 0.2) is 0 Å². The molecule has 78 heavy (non-hydrogen) atoms. The van der Waals surface area contributed by atoms with Crippen molar-refractivity contribution in [2.75, 3.05) is 9.80 Å². The fourth-order valence-electron chi connectivity index (χ4n) is 12.4. The van der Waals surface area contributed by atoms with Gasteiger partial charge in [-0.2, -0.15) is 0 Å². The van der Waals surface area contributed by atoms with Crippen LogP contribution >= 0.6 is 0 Å². The minimum atomic E-state index is 0.0815. The van der Waals surface area contributed by atoms with Gasteiger partial charge in [-0.05, 0) is 212 Å². The topological polar surface area (TPSA) is 24.9 Å². The van der Waals surface area contributed by atoms with E-state index in [0.29, 0.717) is 11.8 Å². The highest BCUT2D eigenvalue weighted by Crippen LogP contribution is 2.58. The Labute approximate surface area is 458 Å². The number of fused-ring (bicyclic) bond motifs is 6. The molecule has 13 aromatic rings. The van der Waals surface area contributed by atoms with E-state index in [1.165, 1.54) is 98.0 Å². The molecular weight excluding hydrogens is 949 g/mol. The van der Waals surface area contributed by atoms with Crippen molar-refractivity contribution in [3.63, 3.8) is 0 Å². The van der Waals surface area contributed by atoms with Crippen LogP contribution < -0.4 is 19.3 Å². The fraction of sp³-hybridized carbons (Fsp3) is 0.162. The Balaban J connectivity index is 1.12. The van der Waals surface area contributed by atoms with E-state index >= 15 is 0 Å². The van der Waals surface area contributed by atoms with E-state index in [1.807, 2.05) is 0 Å². The summed E-state index contributed by atoms with van der Waals surface area (Å²) in [5, 5.41) is 15.0. The molecule has 0 aliphatic rings. The van der Waals surface area contributed by atoms with E-state index in [2.05, 4.69) is 284 Å². The van der Waals surface area contributed by atoms with E-state index < -0.39 is 0 Å². The van der Waals surface area contributed by atoms with E-state index in [-0.39, 0.29) is 12.2 Å². The number of nitrogens with zero attached hydrogens (tertiary/aromatic N) is 2. The minimum absolute atomic E-state index is 0.0815. The number of ether oxygens (including phenoxy) is 2. The molecule has 0 heterocycles. The number of rotatable bonds is 14. The standard InChI is InChI=1S/C74H64N2O2/c1-45(2)49-25-29-53(30-26-49)75(55-33-37-57(38-34-55)77-47(5)6)65-43-41-63-69-59(65)21-15-23-61(69)71-67(51-17-11-9-12-18-51)74-64-42-44-66(60-22-16-24-62(70(60)64)72(74)68(73(63)71)52-19-13-10-14-20-52)76(54-31-27-50(28-32-54)46(3)4)56-35-39-58(40-36-56)78-48(7)8/h9-48H,1-8H3. The maximum Gasteiger partial charge on any atom is 0.119 e. The van der Waals surface area contributed by atoms with E-state index in [4.69, 9.17) is 9.47 Å². The van der Waals surface area contributed by atoms with Crippen molar-refractivity contribution in [2.24, 2.45) is 0 Å². The summed E-state index contributed by atoms with van der Waals surface area (Å²) in [5.74, 6) is 2.57. The highest BCUT2D eigenvalue weighted by atomic mass is 16.5. The molecule has 4 nitrogen and oxygen atoms in total. The largest absolute Gasteiger partial charge is 0.491 e. The summed E-state index contributed by atoms with van der Waals surface area (Å²) in [6, 6.07) is 81.2. The van der Waals surface area contributed by atoms with Crippen LogP contribution in [0.1, 0.15) is 78.4 Å². The van der Waals surface area contributed by atoms with E-state index in [0.717, 1.165) is 45.6 Å². The lowest BCUT2D eigenvalue weighted by Crippen LogP contribution is -2.11. The molecule has 0 unspecified atom stereocenters. The molecule has 0 aromatic heterocycles. The van der Waals surface area contributed by atoms with Gasteiger partial charge in [0.05, 0.1) is 23.6 Å². The molecule has 0 atom stereocenters. The normalized spacial score (nSPS) is 12.1. The van der Waals surface area contributed by atoms with Crippen molar-refractivity contribution in [1.29, 1.82) is 0 Å². The Morgan fingerprint density at radius 3 is 0.897 bits per heavy atom. The molecule has 0 saturated carbocycles. The highest BCUT2D eigenvalue weighted by molar-refractivity contribution is 6.47. The third-order valence-corrected chi connectivity index (χ3v) is 15.8. The maximum atomic E-state index is 6.17. The summed E-state index contributed by atoms with van der Waals surface area (Å²) >= 11 is 0. The van der Waals surface area contributed by atoms with Crippen molar-refractivity contribution in [3.05, 3.63) is 230 Å². The SMILES string of the molecule is CC(C)Oc1ccc(N(c2ccc(C(C)C)cc2)c2ccc3c4c(-c5ccccc5)c5c6cccc7c(N(c8ccc(OC(C)C)cc8)c8ccc(C(C)C)cc8)ccc(c5c(-c5ccccc5)c4c4cccc2c43)c76)cc1. The maximum absolute atomic E-state index is 6.17. The first-order chi connectivity index (χ1) is 38.0. The molecule has 13 rings (SSSR count). The summed E-state index contributed by atoms with van der Waals surface area (Å²) in [5.41, 5.74) is 14.2. The van der Waals surface area contributed by atoms with Crippen LogP contribution in [0.5, 0.6) is 11.5 Å². The van der Waals surface area contributed by atoms with Crippen molar-refractivity contribution < 1.29 is 9.47 Å². The molecule has 0 fully saturated rings. The molecule has 13 aromatic carbocycles. The molecular formula is C74H64N2O2. The summed E-state index contributed by atoms with van der Waals surface area (Å²) in [6.45, 7) is 17.3. The first-order valence-corrected chi connectivity index (χ1v) is 27.8. The lowest BCUT2D eigenvalue weighted by atomic mass is 9.87. The van der Waals surface area contributed by atoms with Crippen LogP contribution in [0.15, 0.2) is 218 Å². The fourth-order valence-corrected chi connectivity index (χ4v) is 12.4. The van der Waals surface area contributed by atoms with E-state index in [1.54, 1.807) is 0 Å². The highest BCUT2D eigenvalue weighted by Gasteiger charge is 2.30. The third kappa shape index (κ3) is 8.21. The van der Waals surface area contributed by atoms with Crippen LogP contribution in [0.2, 0.25) is 0 Å². The van der Waals surface area contributed by atoms with Crippen LogP contribution in [0, 0.1) is 0 Å². The van der Waals surface area contributed by atoms with Gasteiger partial charge in [-0.3, -0.25) is 0 Å². The Bertz CT molecular complexity index is 3940. The number of hydrogen-bond acceptors (Lipinski definition) is 4. The summed E-state index contributed by atoms with van der Waals surface area (Å²) in [7, 11) is 0. The Hall–Kier alpha value is -8.86. The van der Waals surface area contributed by atoms with Gasteiger partial charge in [0, 0.05) is 33.5 Å². The molecule has 0 saturated heterocycles. The molecule has 4 heteroatoms. The number of hydrogen-bond donors (Lipinski definition) is 0. The van der Waals surface area contributed by atoms with Crippen LogP contribution in [-0.4, -0.2) is 12.2 Å². The molecule has 0 radical (unpaired) electrons. The predicted octanol–water partition coefficient (Wildman–Crippen LogP) is 21.6. The Morgan fingerprint density at radius 1 is 0.269 bits per heavy atom. The van der Waals surface area contributed by atoms with Gasteiger partial charge in [0.25, 0.3) is 0 Å². The molecule has 0 aliphatic heterocycles. The monoisotopic (exact) mass is 1010 g/mol. The van der Waals surface area contributed by atoms with Gasteiger partial charge in [0.2, 0.25) is 0 Å². The van der Waals surface area contributed by atoms with Crippen molar-refractivity contribution >= 4 is 98.8 Å². The number of benzene rings is 11. The van der Waals surface area contributed by atoms with Gasteiger partial charge < -0.3 is 19.3 Å². The second-order valence-corrected chi connectivity index (χ2v) is 22.2. The Morgan fingerprint density at radius 2 is 0.577 bits per heavy atom. The van der Waals surface area contributed by atoms with Crippen molar-refractivity contribution in [3.8, 4) is 33.8 Å². The third-order valence-electron chi connectivity index (χ3n) is 15.8. The van der Waals surface area contributed by atoms with Gasteiger partial charge in [0.1, 0.15) is 11.5 Å². The minimum Gasteiger partial charge on any atom is -0.491 e. The average Bonchev–Trinajstić information content (AvgIpc) is 3.65. The zero-order valence-electron chi connectivity index (χ0n) is 45.8. The van der Waals surface area contributed by atoms with Crippen molar-refractivity contribution in [2.45, 2.75) is 79.4 Å². The predicted molar refractivity (Wildman–Crippen MR) is 334 cm³/mol. The second kappa shape index (κ2) is 19.6. The van der Waals surface area contributed by atoms with Gasteiger partial charge in [-0.15, -0.1) is 0 Å². The van der Waals surface area contributed by atoms with Gasteiger partial charge >= 0.3 is 0 Å². The van der Waals surface area contributed by atoms with Crippen LogP contribution in [0.4, 0.5) is 34.1 Å². The van der Waals surface area contributed by atoms with Crippen LogP contribution in [0.25, 0.3) is 86.9 Å². The van der Waals surface area contributed by atoms with Gasteiger partial charge in [-0.1, -0.05) is 161 Å². The zero-order valence-corrected chi connectivity index (χ0v) is 45.8. The van der Waals surface area contributed by atoms with E-state index in [9.17, 15) is 0 Å². The Kier molecular flexibility index (Phi) is 12.3. The molecule has 0 aliphatic carbocycles. The molecule has 0 N–H and O–H groups in total. The quantitative estimate of drug-likeness (QED) is 0.108. The van der Waals surface area contributed by atoms with Crippen LogP contribution in [-0.2, 0) is 0 Å². The first-order valence-electron chi connectivity index (χ1n) is 27.8. The number of anilines is 6. The summed E-state index contributed by atoms with van der Waals surface area (Å²) < 4.78 is 12.3. The summed E-state index contributed by atoms with van der Waals surface area (Å²) in [4.78, 5) is 4.85.